The largest absolute Gasteiger partial charge is 0.417 e. The summed E-state index contributed by atoms with van der Waals surface area (Å²) < 4.78 is 36.4. The van der Waals surface area contributed by atoms with E-state index in [-0.39, 0.29) is 3.57 Å². The van der Waals surface area contributed by atoms with E-state index in [4.69, 9.17) is 0 Å². The maximum atomic E-state index is 12.3. The smallest absolute Gasteiger partial charge is 0.258 e. The third kappa shape index (κ3) is 2.14. The predicted octanol–water partition coefficient (Wildman–Crippen LogP) is 3.22. The van der Waals surface area contributed by atoms with Crippen molar-refractivity contribution in [3.05, 3.63) is 37.4 Å². The Kier molecular flexibility index (Phi) is 2.98. The number of hydrogen-bond donors (Lipinski definition) is 0. The van der Waals surface area contributed by atoms with E-state index in [0.717, 1.165) is 18.2 Å². The van der Waals surface area contributed by atoms with Gasteiger partial charge < -0.3 is 0 Å². The number of hydrogen-bond acceptors (Lipinski definition) is 2. The zero-order valence-electron chi connectivity index (χ0n) is 6.51. The van der Waals surface area contributed by atoms with E-state index in [1.165, 1.54) is 22.6 Å². The van der Waals surface area contributed by atoms with Crippen molar-refractivity contribution in [2.75, 3.05) is 0 Å². The minimum atomic E-state index is -4.55. The molecule has 0 amide bonds. The van der Waals surface area contributed by atoms with E-state index in [0.29, 0.717) is 0 Å². The van der Waals surface area contributed by atoms with Gasteiger partial charge in [-0.3, -0.25) is 10.1 Å². The molecule has 0 saturated carbocycles. The van der Waals surface area contributed by atoms with Crippen LogP contribution in [0, 0.1) is 13.7 Å². The van der Waals surface area contributed by atoms with Gasteiger partial charge in [0.2, 0.25) is 0 Å². The molecule has 0 spiro atoms. The summed E-state index contributed by atoms with van der Waals surface area (Å²) in [5, 5.41) is 10.3. The van der Waals surface area contributed by atoms with Gasteiger partial charge in [-0.1, -0.05) is 6.07 Å². The Morgan fingerprint density at radius 1 is 1.36 bits per heavy atom. The highest BCUT2D eigenvalue weighted by molar-refractivity contribution is 14.1. The van der Waals surface area contributed by atoms with E-state index in [1.54, 1.807) is 0 Å². The monoisotopic (exact) mass is 317 g/mol. The molecule has 0 atom stereocenters. The predicted molar refractivity (Wildman–Crippen MR) is 50.8 cm³/mol. The maximum absolute atomic E-state index is 12.3. The molecule has 0 unspecified atom stereocenters. The quantitative estimate of drug-likeness (QED) is 0.453. The summed E-state index contributed by atoms with van der Waals surface area (Å²) in [5.74, 6) is 0. The first-order chi connectivity index (χ1) is 6.34. The summed E-state index contributed by atoms with van der Waals surface area (Å²) >= 11 is 1.32. The van der Waals surface area contributed by atoms with E-state index in [2.05, 4.69) is 0 Å². The molecular formula is C7H3F3INO2. The molecule has 14 heavy (non-hydrogen) atoms. The van der Waals surface area contributed by atoms with Crippen LogP contribution >= 0.6 is 22.6 Å². The van der Waals surface area contributed by atoms with Crippen molar-refractivity contribution in [3.63, 3.8) is 0 Å². The van der Waals surface area contributed by atoms with Gasteiger partial charge in [0.25, 0.3) is 5.69 Å². The molecule has 1 aromatic carbocycles. The third-order valence-corrected chi connectivity index (χ3v) is 2.61. The molecule has 0 aliphatic carbocycles. The van der Waals surface area contributed by atoms with Gasteiger partial charge in [-0.2, -0.15) is 13.2 Å². The molecule has 0 radical (unpaired) electrons. The summed E-state index contributed by atoms with van der Waals surface area (Å²) in [6.07, 6.45) is -4.55. The van der Waals surface area contributed by atoms with Crippen LogP contribution < -0.4 is 0 Å². The van der Waals surface area contributed by atoms with Crippen LogP contribution in [0.2, 0.25) is 0 Å². The molecule has 0 N–H and O–H groups in total. The Balaban J connectivity index is 3.35. The number of rotatable bonds is 1. The Hall–Kier alpha value is -0.860. The Morgan fingerprint density at radius 3 is 2.36 bits per heavy atom. The SMILES string of the molecule is O=[N+]([O-])c1cccc(C(F)(F)F)c1I. The molecule has 0 fully saturated rings. The first kappa shape index (κ1) is 11.2. The molecular weight excluding hydrogens is 314 g/mol. The van der Waals surface area contributed by atoms with Crippen LogP contribution in [0.25, 0.3) is 0 Å². The lowest BCUT2D eigenvalue weighted by Crippen LogP contribution is -2.08. The molecule has 0 heterocycles. The van der Waals surface area contributed by atoms with Crippen molar-refractivity contribution >= 4 is 28.3 Å². The van der Waals surface area contributed by atoms with E-state index < -0.39 is 22.4 Å². The standard InChI is InChI=1S/C7H3F3INO2/c8-7(9,10)4-2-1-3-5(6(4)11)12(13)14/h1-3H. The average molecular weight is 317 g/mol. The summed E-state index contributed by atoms with van der Waals surface area (Å²) in [7, 11) is 0. The lowest BCUT2D eigenvalue weighted by atomic mass is 10.2. The first-order valence-corrected chi connectivity index (χ1v) is 4.42. The molecule has 7 heteroatoms. The van der Waals surface area contributed by atoms with Gasteiger partial charge >= 0.3 is 6.18 Å². The topological polar surface area (TPSA) is 43.1 Å². The van der Waals surface area contributed by atoms with E-state index >= 15 is 0 Å². The van der Waals surface area contributed by atoms with Crippen molar-refractivity contribution in [3.8, 4) is 0 Å². The Morgan fingerprint density at radius 2 is 1.93 bits per heavy atom. The lowest BCUT2D eigenvalue weighted by Gasteiger charge is -2.08. The second kappa shape index (κ2) is 3.71. The normalized spacial score (nSPS) is 11.4. The van der Waals surface area contributed by atoms with Gasteiger partial charge in [0.1, 0.15) is 3.57 Å². The zero-order valence-corrected chi connectivity index (χ0v) is 8.67. The fourth-order valence-electron chi connectivity index (χ4n) is 0.880. The van der Waals surface area contributed by atoms with Crippen molar-refractivity contribution in [2.45, 2.75) is 6.18 Å². The Bertz CT molecular complexity index is 378. The van der Waals surface area contributed by atoms with E-state index in [1.807, 2.05) is 0 Å². The number of halogens is 4. The van der Waals surface area contributed by atoms with Gasteiger partial charge in [0.15, 0.2) is 0 Å². The number of nitro groups is 1. The van der Waals surface area contributed by atoms with Crippen molar-refractivity contribution in [1.29, 1.82) is 0 Å². The van der Waals surface area contributed by atoms with Crippen LogP contribution in [0.5, 0.6) is 0 Å². The summed E-state index contributed by atoms with van der Waals surface area (Å²) in [4.78, 5) is 9.50. The molecule has 0 saturated heterocycles. The maximum Gasteiger partial charge on any atom is 0.417 e. The molecule has 1 aromatic rings. The van der Waals surface area contributed by atoms with Crippen molar-refractivity contribution in [1.82, 2.24) is 0 Å². The van der Waals surface area contributed by atoms with Gasteiger partial charge in [-0.15, -0.1) is 0 Å². The lowest BCUT2D eigenvalue weighted by molar-refractivity contribution is -0.386. The van der Waals surface area contributed by atoms with Crippen LogP contribution in [-0.4, -0.2) is 4.92 Å². The fraction of sp³-hybridized carbons (Fsp3) is 0.143. The van der Waals surface area contributed by atoms with Gasteiger partial charge in [0, 0.05) is 6.07 Å². The molecule has 76 valence electrons. The van der Waals surface area contributed by atoms with Crippen LogP contribution in [0.3, 0.4) is 0 Å². The van der Waals surface area contributed by atoms with Crippen LogP contribution in [0.4, 0.5) is 18.9 Å². The van der Waals surface area contributed by atoms with Crippen molar-refractivity contribution < 1.29 is 18.1 Å². The van der Waals surface area contributed by atoms with Gasteiger partial charge in [-0.25, -0.2) is 0 Å². The zero-order chi connectivity index (χ0) is 10.9. The van der Waals surface area contributed by atoms with Crippen molar-refractivity contribution in [2.24, 2.45) is 0 Å². The van der Waals surface area contributed by atoms with Gasteiger partial charge in [-0.05, 0) is 28.7 Å². The highest BCUT2D eigenvalue weighted by Gasteiger charge is 2.35. The fourth-order valence-corrected chi connectivity index (χ4v) is 1.74. The summed E-state index contributed by atoms with van der Waals surface area (Å²) in [6, 6.07) is 2.87. The first-order valence-electron chi connectivity index (χ1n) is 3.34. The highest BCUT2D eigenvalue weighted by atomic mass is 127. The minimum Gasteiger partial charge on any atom is -0.258 e. The van der Waals surface area contributed by atoms with Crippen LogP contribution in [-0.2, 0) is 6.18 Å². The molecule has 3 nitrogen and oxygen atoms in total. The van der Waals surface area contributed by atoms with Crippen LogP contribution in [0.1, 0.15) is 5.56 Å². The number of benzene rings is 1. The highest BCUT2D eigenvalue weighted by Crippen LogP contribution is 2.36. The third-order valence-electron chi connectivity index (χ3n) is 1.48. The second-order valence-corrected chi connectivity index (χ2v) is 3.47. The summed E-state index contributed by atoms with van der Waals surface area (Å²) in [5.41, 5.74) is -1.51. The molecule has 0 aromatic heterocycles. The van der Waals surface area contributed by atoms with Gasteiger partial charge in [0.05, 0.1) is 10.5 Å². The Labute approximate surface area is 90.2 Å². The van der Waals surface area contributed by atoms with E-state index in [9.17, 15) is 23.3 Å². The second-order valence-electron chi connectivity index (χ2n) is 2.39. The summed E-state index contributed by atoms with van der Waals surface area (Å²) in [6.45, 7) is 0. The number of alkyl halides is 3. The van der Waals surface area contributed by atoms with Crippen LogP contribution in [0.15, 0.2) is 18.2 Å². The minimum absolute atomic E-state index is 0.386. The number of nitro benzene ring substituents is 1. The molecule has 0 bridgehead atoms. The average Bonchev–Trinajstić information content (AvgIpc) is 2.01. The molecule has 0 aliphatic rings. The molecule has 1 rings (SSSR count). The number of nitrogens with zero attached hydrogens (tertiary/aromatic N) is 1. The molecule has 0 aliphatic heterocycles.